The second-order valence-electron chi connectivity index (χ2n) is 31.2. The van der Waals surface area contributed by atoms with E-state index in [9.17, 15) is 47.9 Å². The van der Waals surface area contributed by atoms with Crippen molar-refractivity contribution in [3.05, 3.63) is 166 Å². The molecule has 42 heteroatoms. The van der Waals surface area contributed by atoms with Crippen LogP contribution in [0.3, 0.4) is 0 Å². The number of amides is 10. The van der Waals surface area contributed by atoms with Crippen LogP contribution < -0.4 is 57.9 Å². The molecular formula is C87H117ClN24O17. The largest absolute Gasteiger partial charge is 0.497 e. The molecule has 0 aliphatic carbocycles. The molecule has 0 unspecified atom stereocenters. The molecular weight excluding hydrogens is 1690 g/mol. The quantitative estimate of drug-likeness (QED) is 0.0171. The highest BCUT2D eigenvalue weighted by Crippen LogP contribution is 2.35. The topological polar surface area (TPSA) is 470 Å². The van der Waals surface area contributed by atoms with Crippen molar-refractivity contribution in [2.24, 2.45) is 26.1 Å². The average Bonchev–Trinajstić information content (AvgIpc) is 1.61. The van der Waals surface area contributed by atoms with Crippen LogP contribution in [0, 0.1) is 6.92 Å². The Labute approximate surface area is 752 Å². The standard InChI is InChI=1S/C87H117ClN24O17/c1-55(2)109-32-28-91-79(109)85(120)95-61-45-69(107(10)50-61)83(118)93-26-21-74(114)100-72-54-111(57(5)6)81(102-72)87(122)97-63-47-70(108(11)52-63)84(119)94-27-22-75(115)99-71-53-110(56(3)4)80(101-71)86(121)96-62-46-68(106(9)51-62)82(117)92-25-14-31-105(8)30-13-24-89-73(113)23-33-124-35-37-126-39-41-128-43-44-129-42-40-127-38-36-125-34-29-90-76(116)49-66-78-104-103-58(7)112(78)67-20-19-64(123-12)48-65(67)77(98-66)59-15-17-60(88)18-16-59/h15-20,28,32,45-48,50-57,66H,13-14,21-27,29-31,33-44,49H2,1-12H3,(H,89,113)(H,90,116)(H,92,117)(H,93,118)(H,94,119)(H,95,120)(H,96,121)(H,97,122)(H,99,115)(H,100,114)/t66-/m0/s1. The third-order valence-corrected chi connectivity index (χ3v) is 20.5. The van der Waals surface area contributed by atoms with Gasteiger partial charge in [-0.05, 0) is 130 Å². The number of carbonyl (C=O) groups is 10. The highest BCUT2D eigenvalue weighted by molar-refractivity contribution is 6.30. The molecule has 10 N–H and O–H groups in total. The Morgan fingerprint density at radius 1 is 0.465 bits per heavy atom. The molecule has 10 amide bonds. The highest BCUT2D eigenvalue weighted by Gasteiger charge is 2.32. The maximum Gasteiger partial charge on any atom is 0.291 e. The number of ether oxygens (including phenoxy) is 7. The second kappa shape index (κ2) is 49.0. The molecule has 1 aliphatic rings. The number of nitrogens with one attached hydrogen (secondary N) is 10. The SMILES string of the molecule is COc1ccc2c(c1)C(c1ccc(Cl)cc1)=N[C@@H](CC(=O)NCCOCCOCCOCCOCCOCCOCCC(=O)NCCCN(C)CCCNC(=O)c1cc(NC(=O)c3nc(NC(=O)CCNC(=O)c4cc(NC(=O)c5nc(NC(=O)CCNC(=O)c6cc(NC(=O)c7nccn7C(C)C)cn6C)cn5C(C)C)cn4C)cn3C(C)C)cn1C)c1nnc(C)n1-2. The van der Waals surface area contributed by atoms with Gasteiger partial charge in [-0.25, -0.2) is 15.0 Å². The van der Waals surface area contributed by atoms with Crippen LogP contribution in [0.4, 0.5) is 28.7 Å². The minimum Gasteiger partial charge on any atom is -0.497 e. The molecule has 0 bridgehead atoms. The van der Waals surface area contributed by atoms with E-state index in [1.54, 1.807) is 87.9 Å². The minimum absolute atomic E-state index is 0.00145. The highest BCUT2D eigenvalue weighted by atomic mass is 35.5. The molecule has 0 fully saturated rings. The third kappa shape index (κ3) is 29.1. The van der Waals surface area contributed by atoms with E-state index in [0.717, 1.165) is 29.8 Å². The molecule has 41 nitrogen and oxygen atoms in total. The predicted octanol–water partition coefficient (Wildman–Crippen LogP) is 7.01. The number of benzene rings is 2. The van der Waals surface area contributed by atoms with Crippen LogP contribution in [0.2, 0.25) is 5.02 Å². The van der Waals surface area contributed by atoms with E-state index in [2.05, 4.69) is 83.2 Å². The van der Waals surface area contributed by atoms with Gasteiger partial charge in [-0.2, -0.15) is 0 Å². The number of aryl methyl sites for hydroxylation is 4. The lowest BCUT2D eigenvalue weighted by atomic mass is 10.00. The van der Waals surface area contributed by atoms with Crippen molar-refractivity contribution in [2.45, 2.75) is 111 Å². The first-order chi connectivity index (χ1) is 62.0. The fourth-order valence-electron chi connectivity index (χ4n) is 13.7. The van der Waals surface area contributed by atoms with Gasteiger partial charge >= 0.3 is 0 Å². The average molecular weight is 1810 g/mol. The number of carbonyl (C=O) groups excluding carboxylic acids is 10. The van der Waals surface area contributed by atoms with Gasteiger partial charge in [0.2, 0.25) is 35.3 Å². The van der Waals surface area contributed by atoms with Crippen molar-refractivity contribution in [1.82, 2.24) is 88.6 Å². The van der Waals surface area contributed by atoms with Gasteiger partial charge in [-0.1, -0.05) is 23.7 Å². The number of hydrogen-bond donors (Lipinski definition) is 10. The summed E-state index contributed by atoms with van der Waals surface area (Å²) in [5, 5.41) is 37.3. The summed E-state index contributed by atoms with van der Waals surface area (Å²) in [4.78, 5) is 152. The molecule has 0 saturated heterocycles. The maximum absolute atomic E-state index is 13.7. The Bertz CT molecular complexity index is 5340. The first-order valence-corrected chi connectivity index (χ1v) is 43.1. The summed E-state index contributed by atoms with van der Waals surface area (Å²) in [5.74, 6) is -2.02. The Kier molecular flexibility index (Phi) is 37.4. The number of anilines is 5. The van der Waals surface area contributed by atoms with Crippen LogP contribution >= 0.6 is 11.6 Å². The Morgan fingerprint density at radius 3 is 1.38 bits per heavy atom. The first kappa shape index (κ1) is 98.4. The lowest BCUT2D eigenvalue weighted by molar-refractivity contribution is -0.122. The van der Waals surface area contributed by atoms with Crippen molar-refractivity contribution in [3.63, 3.8) is 0 Å². The van der Waals surface area contributed by atoms with Gasteiger partial charge in [0.15, 0.2) is 23.3 Å². The maximum atomic E-state index is 13.7. The summed E-state index contributed by atoms with van der Waals surface area (Å²) < 4.78 is 50.7. The molecule has 10 rings (SSSR count). The van der Waals surface area contributed by atoms with Gasteiger partial charge in [0.05, 0.1) is 121 Å². The van der Waals surface area contributed by atoms with E-state index < -0.39 is 47.4 Å². The zero-order valence-corrected chi connectivity index (χ0v) is 75.6. The fourth-order valence-corrected chi connectivity index (χ4v) is 13.8. The number of aliphatic imine (C=N–C) groups is 1. The van der Waals surface area contributed by atoms with Gasteiger partial charge in [-0.15, -0.1) is 10.2 Å². The molecule has 1 atom stereocenters. The number of rotatable bonds is 53. The van der Waals surface area contributed by atoms with Crippen molar-refractivity contribution in [2.75, 3.05) is 166 Å². The number of nitrogens with zero attached hydrogens (tertiary/aromatic N) is 14. The molecule has 0 radical (unpaired) electrons. The second-order valence-corrected chi connectivity index (χ2v) is 31.7. The Hall–Kier alpha value is -12.8. The van der Waals surface area contributed by atoms with Crippen LogP contribution in [0.5, 0.6) is 5.75 Å². The van der Waals surface area contributed by atoms with Crippen molar-refractivity contribution < 1.29 is 81.1 Å². The van der Waals surface area contributed by atoms with E-state index in [0.29, 0.717) is 150 Å². The molecule has 2 aromatic carbocycles. The van der Waals surface area contributed by atoms with Crippen LogP contribution in [0.1, 0.15) is 190 Å². The van der Waals surface area contributed by atoms with Crippen molar-refractivity contribution in [1.29, 1.82) is 0 Å². The number of aromatic nitrogens is 12. The molecule has 7 aromatic heterocycles. The van der Waals surface area contributed by atoms with E-state index in [1.807, 2.05) is 90.4 Å². The van der Waals surface area contributed by atoms with E-state index in [4.69, 9.17) is 49.8 Å². The summed E-state index contributed by atoms with van der Waals surface area (Å²) in [6.07, 6.45) is 12.4. The van der Waals surface area contributed by atoms with Crippen LogP contribution in [-0.4, -0.2) is 266 Å². The molecule has 694 valence electrons. The lowest BCUT2D eigenvalue weighted by Gasteiger charge is -2.17. The molecule has 1 aliphatic heterocycles. The first-order valence-electron chi connectivity index (χ1n) is 42.7. The molecule has 129 heavy (non-hydrogen) atoms. The summed E-state index contributed by atoms with van der Waals surface area (Å²) in [6, 6.07) is 16.5. The summed E-state index contributed by atoms with van der Waals surface area (Å²) in [7, 11) is 8.52. The molecule has 8 heterocycles. The van der Waals surface area contributed by atoms with Gasteiger partial charge in [-0.3, -0.25) is 57.5 Å². The molecule has 0 spiro atoms. The van der Waals surface area contributed by atoms with Gasteiger partial charge in [0.1, 0.15) is 34.7 Å². The molecule has 0 saturated carbocycles. The van der Waals surface area contributed by atoms with Crippen LogP contribution in [0.25, 0.3) is 5.69 Å². The normalized spacial score (nSPS) is 12.3. The Balaban J connectivity index is 0.511. The van der Waals surface area contributed by atoms with Gasteiger partial charge < -0.3 is 119 Å². The number of methoxy groups -OCH3 is 1. The van der Waals surface area contributed by atoms with Gasteiger partial charge in [0, 0.05) is 151 Å². The Morgan fingerprint density at radius 2 is 0.907 bits per heavy atom. The van der Waals surface area contributed by atoms with Gasteiger partial charge in [0.25, 0.3) is 35.4 Å². The number of hydrogen-bond acceptors (Lipinski definition) is 24. The van der Waals surface area contributed by atoms with Crippen LogP contribution in [0.15, 0.2) is 109 Å². The van der Waals surface area contributed by atoms with Crippen molar-refractivity contribution in [3.8, 4) is 11.4 Å². The fraction of sp³-hybridized carbons (Fsp3) is 0.471. The smallest absolute Gasteiger partial charge is 0.291 e. The van der Waals surface area contributed by atoms with E-state index >= 15 is 0 Å². The zero-order valence-electron chi connectivity index (χ0n) is 74.9. The number of halogens is 1. The monoisotopic (exact) mass is 1800 g/mol. The number of fused-ring (bicyclic) bond motifs is 3. The number of imidazole rings is 3. The lowest BCUT2D eigenvalue weighted by Crippen LogP contribution is -2.31. The van der Waals surface area contributed by atoms with E-state index in [1.165, 1.54) is 41.5 Å². The van der Waals surface area contributed by atoms with Crippen molar-refractivity contribution >= 4 is 105 Å². The summed E-state index contributed by atoms with van der Waals surface area (Å²) in [5.41, 5.74) is 4.86. The minimum atomic E-state index is -0.628. The predicted molar refractivity (Wildman–Crippen MR) is 481 cm³/mol. The molecule has 9 aromatic rings. The summed E-state index contributed by atoms with van der Waals surface area (Å²) >= 11 is 6.24. The third-order valence-electron chi connectivity index (χ3n) is 20.3. The van der Waals surface area contributed by atoms with E-state index in [-0.39, 0.29) is 127 Å². The zero-order chi connectivity index (χ0) is 92.6. The van der Waals surface area contributed by atoms with Crippen LogP contribution in [-0.2, 0) is 68.7 Å². The summed E-state index contributed by atoms with van der Waals surface area (Å²) in [6.45, 7) is 19.9.